The van der Waals surface area contributed by atoms with Crippen LogP contribution in [0.2, 0.25) is 0 Å². The van der Waals surface area contributed by atoms with Gasteiger partial charge in [-0.15, -0.1) is 0 Å². The van der Waals surface area contributed by atoms with Crippen molar-refractivity contribution < 1.29 is 0 Å². The first-order valence-electron chi connectivity index (χ1n) is 16.7. The van der Waals surface area contributed by atoms with Crippen LogP contribution in [0.1, 0.15) is 0 Å². The topological polar surface area (TPSA) is 39.5 Å². The predicted octanol–water partition coefficient (Wildman–Crippen LogP) is 10.9. The second-order valence-corrected chi connectivity index (χ2v) is 13.0. The Morgan fingerprint density at radius 3 is 1.73 bits per heavy atom. The number of hydrogen-bond donors (Lipinski definition) is 0. The average Bonchev–Trinajstić information content (AvgIpc) is 3.80. The Morgan fingerprint density at radius 1 is 0.367 bits per heavy atom. The van der Waals surface area contributed by atoms with Gasteiger partial charge >= 0.3 is 0 Å². The first kappa shape index (κ1) is 25.4. The molecule has 12 aromatic rings. The standard InChI is InChI=1S/C44H25N5/c1-2-13-26(14-3-1)41-44(46-32-20-8-7-19-31(32)45-41)49-35-23-11-5-16-29(35)39-37(49)25-38-43-40(39)30-17-6-10-22-34(30)47(43)36-24-12-18-28-27-15-4-9-21-33(27)48(38)42(28)36/h1-25H. The van der Waals surface area contributed by atoms with Gasteiger partial charge in [-0.1, -0.05) is 109 Å². The molecule has 7 aromatic carbocycles. The van der Waals surface area contributed by atoms with Crippen molar-refractivity contribution in [3.63, 3.8) is 0 Å². The summed E-state index contributed by atoms with van der Waals surface area (Å²) in [6.07, 6.45) is 0. The van der Waals surface area contributed by atoms with Crippen LogP contribution in [0.15, 0.2) is 152 Å². The second kappa shape index (κ2) is 9.00. The van der Waals surface area contributed by atoms with Gasteiger partial charge in [0.2, 0.25) is 0 Å². The highest BCUT2D eigenvalue weighted by Gasteiger charge is 2.26. The van der Waals surface area contributed by atoms with Crippen molar-refractivity contribution >= 4 is 87.5 Å². The summed E-state index contributed by atoms with van der Waals surface area (Å²) >= 11 is 0. The predicted molar refractivity (Wildman–Crippen MR) is 202 cm³/mol. The van der Waals surface area contributed by atoms with E-state index in [-0.39, 0.29) is 0 Å². The number of hydrogen-bond acceptors (Lipinski definition) is 2. The van der Waals surface area contributed by atoms with Crippen molar-refractivity contribution in [2.24, 2.45) is 0 Å². The minimum Gasteiger partial charge on any atom is -0.305 e. The highest BCUT2D eigenvalue weighted by Crippen LogP contribution is 2.47. The summed E-state index contributed by atoms with van der Waals surface area (Å²) in [6, 6.07) is 54.2. The van der Waals surface area contributed by atoms with E-state index in [0.29, 0.717) is 0 Å². The summed E-state index contributed by atoms with van der Waals surface area (Å²) in [4.78, 5) is 10.7. The van der Waals surface area contributed by atoms with Gasteiger partial charge in [-0.05, 0) is 42.5 Å². The third-order valence-corrected chi connectivity index (χ3v) is 10.5. The van der Waals surface area contributed by atoms with E-state index in [9.17, 15) is 0 Å². The fourth-order valence-corrected chi connectivity index (χ4v) is 8.61. The van der Waals surface area contributed by atoms with Gasteiger partial charge in [-0.3, -0.25) is 4.57 Å². The van der Waals surface area contributed by atoms with Gasteiger partial charge in [-0.25, -0.2) is 9.97 Å². The zero-order chi connectivity index (χ0) is 31.8. The van der Waals surface area contributed by atoms with Gasteiger partial charge < -0.3 is 8.80 Å². The first-order chi connectivity index (χ1) is 24.3. The lowest BCUT2D eigenvalue weighted by atomic mass is 10.0. The molecule has 0 unspecified atom stereocenters. The molecule has 0 bridgehead atoms. The maximum atomic E-state index is 5.41. The smallest absolute Gasteiger partial charge is 0.165 e. The molecule has 5 aromatic heterocycles. The van der Waals surface area contributed by atoms with Crippen LogP contribution >= 0.6 is 0 Å². The summed E-state index contributed by atoms with van der Waals surface area (Å²) in [6.45, 7) is 0. The molecule has 0 N–H and O–H groups in total. The lowest BCUT2D eigenvalue weighted by molar-refractivity contribution is 1.08. The Bertz CT molecular complexity index is 3330. The maximum Gasteiger partial charge on any atom is 0.165 e. The highest BCUT2D eigenvalue weighted by molar-refractivity contribution is 6.33. The molecule has 0 aliphatic carbocycles. The van der Waals surface area contributed by atoms with Gasteiger partial charge in [0.25, 0.3) is 0 Å². The van der Waals surface area contributed by atoms with Crippen LogP contribution in [0.25, 0.3) is 105 Å². The average molecular weight is 624 g/mol. The summed E-state index contributed by atoms with van der Waals surface area (Å²) < 4.78 is 7.35. The number of benzene rings is 7. The molecule has 0 saturated carbocycles. The summed E-state index contributed by atoms with van der Waals surface area (Å²) in [5, 5.41) is 7.44. The quantitative estimate of drug-likeness (QED) is 0.180. The summed E-state index contributed by atoms with van der Waals surface area (Å²) in [5.74, 6) is 0.824. The molecule has 12 rings (SSSR count). The van der Waals surface area contributed by atoms with Gasteiger partial charge in [0.05, 0.1) is 55.2 Å². The Morgan fingerprint density at radius 2 is 0.939 bits per heavy atom. The SMILES string of the molecule is c1ccc(-c2nc3ccccc3nc2-n2c3ccccc3c3c4c5ccccc5n5c6cccc7c8ccccc8n(c(cc32)c45)c76)cc1. The molecule has 5 heteroatoms. The molecule has 0 amide bonds. The minimum atomic E-state index is 0.824. The molecule has 5 heterocycles. The van der Waals surface area contributed by atoms with Gasteiger partial charge in [-0.2, -0.15) is 0 Å². The van der Waals surface area contributed by atoms with Crippen molar-refractivity contribution in [2.75, 3.05) is 0 Å². The monoisotopic (exact) mass is 623 g/mol. The van der Waals surface area contributed by atoms with Gasteiger partial charge in [0.15, 0.2) is 5.82 Å². The largest absolute Gasteiger partial charge is 0.305 e. The fourth-order valence-electron chi connectivity index (χ4n) is 8.61. The van der Waals surface area contributed by atoms with Crippen LogP contribution in [0, 0.1) is 0 Å². The number of aromatic nitrogens is 5. The molecule has 0 radical (unpaired) electrons. The van der Waals surface area contributed by atoms with E-state index in [1.807, 2.05) is 18.2 Å². The first-order valence-corrected chi connectivity index (χ1v) is 16.7. The normalized spacial score (nSPS) is 12.5. The Balaban J connectivity index is 1.39. The van der Waals surface area contributed by atoms with Gasteiger partial charge in [0.1, 0.15) is 5.69 Å². The van der Waals surface area contributed by atoms with Crippen LogP contribution < -0.4 is 0 Å². The van der Waals surface area contributed by atoms with Crippen LogP contribution in [0.3, 0.4) is 0 Å². The van der Waals surface area contributed by atoms with Crippen molar-refractivity contribution in [2.45, 2.75) is 0 Å². The Kier molecular flexibility index (Phi) is 4.66. The van der Waals surface area contributed by atoms with E-state index in [2.05, 4.69) is 147 Å². The van der Waals surface area contributed by atoms with Crippen LogP contribution in [0.5, 0.6) is 0 Å². The van der Waals surface area contributed by atoms with Crippen molar-refractivity contribution in [1.82, 2.24) is 23.3 Å². The van der Waals surface area contributed by atoms with Crippen molar-refractivity contribution in [3.8, 4) is 17.1 Å². The molecule has 0 aliphatic heterocycles. The number of nitrogens with zero attached hydrogens (tertiary/aromatic N) is 5. The molecular weight excluding hydrogens is 599 g/mol. The van der Waals surface area contributed by atoms with Crippen LogP contribution in [0.4, 0.5) is 0 Å². The van der Waals surface area contributed by atoms with Gasteiger partial charge in [0, 0.05) is 37.9 Å². The van der Waals surface area contributed by atoms with Crippen molar-refractivity contribution in [3.05, 3.63) is 152 Å². The zero-order valence-corrected chi connectivity index (χ0v) is 26.2. The van der Waals surface area contributed by atoms with Crippen LogP contribution in [-0.2, 0) is 0 Å². The molecule has 5 nitrogen and oxygen atoms in total. The minimum absolute atomic E-state index is 0.824. The molecule has 49 heavy (non-hydrogen) atoms. The fraction of sp³-hybridized carbons (Fsp3) is 0. The number of fused-ring (bicyclic) bond motifs is 13. The lowest BCUT2D eigenvalue weighted by Gasteiger charge is -2.15. The van der Waals surface area contributed by atoms with E-state index < -0.39 is 0 Å². The van der Waals surface area contributed by atoms with E-state index in [0.717, 1.165) is 39.1 Å². The zero-order valence-electron chi connectivity index (χ0n) is 26.2. The molecule has 0 spiro atoms. The Labute approximate surface area is 278 Å². The van der Waals surface area contributed by atoms with E-state index in [4.69, 9.17) is 9.97 Å². The third kappa shape index (κ3) is 3.10. The summed E-state index contributed by atoms with van der Waals surface area (Å²) in [7, 11) is 0. The molecule has 226 valence electrons. The molecule has 0 saturated heterocycles. The van der Waals surface area contributed by atoms with E-state index in [1.54, 1.807) is 0 Å². The maximum absolute atomic E-state index is 5.41. The highest BCUT2D eigenvalue weighted by atomic mass is 15.1. The molecular formula is C44H25N5. The lowest BCUT2D eigenvalue weighted by Crippen LogP contribution is -2.04. The molecule has 0 atom stereocenters. The third-order valence-electron chi connectivity index (χ3n) is 10.5. The molecule has 0 fully saturated rings. The van der Waals surface area contributed by atoms with Crippen molar-refractivity contribution in [1.29, 1.82) is 0 Å². The second-order valence-electron chi connectivity index (χ2n) is 13.0. The number of para-hydroxylation sites is 6. The van der Waals surface area contributed by atoms with Crippen LogP contribution in [-0.4, -0.2) is 23.3 Å². The Hall–Kier alpha value is -6.72. The number of rotatable bonds is 2. The van der Waals surface area contributed by atoms with E-state index in [1.165, 1.54) is 65.4 Å². The molecule has 0 aliphatic rings. The van der Waals surface area contributed by atoms with E-state index >= 15 is 0 Å². The summed E-state index contributed by atoms with van der Waals surface area (Å²) in [5.41, 5.74) is 13.1.